The molecular formula is C19H23FN4O. The van der Waals surface area contributed by atoms with E-state index in [2.05, 4.69) is 19.7 Å². The Bertz CT molecular complexity index is 769. The maximum absolute atomic E-state index is 13.5. The van der Waals surface area contributed by atoms with Gasteiger partial charge in [-0.3, -0.25) is 4.90 Å². The Morgan fingerprint density at radius 2 is 2.04 bits per heavy atom. The molecule has 5 rings (SSSR count). The van der Waals surface area contributed by atoms with Crippen LogP contribution in [-0.4, -0.2) is 39.4 Å². The lowest BCUT2D eigenvalue weighted by atomic mass is 10.1. The Kier molecular flexibility index (Phi) is 3.82. The molecule has 0 spiro atoms. The summed E-state index contributed by atoms with van der Waals surface area (Å²) < 4.78 is 21.8. The molecule has 2 saturated carbocycles. The van der Waals surface area contributed by atoms with Crippen LogP contribution in [-0.2, 0) is 11.3 Å². The van der Waals surface area contributed by atoms with Gasteiger partial charge in [0.05, 0.1) is 19.3 Å². The van der Waals surface area contributed by atoms with Gasteiger partial charge in [0.25, 0.3) is 0 Å². The molecule has 2 aliphatic carbocycles. The first-order valence-electron chi connectivity index (χ1n) is 9.31. The monoisotopic (exact) mass is 342 g/mol. The largest absolute Gasteiger partial charge is 0.371 e. The van der Waals surface area contributed by atoms with Gasteiger partial charge in [0, 0.05) is 25.0 Å². The molecule has 1 aliphatic heterocycles. The summed E-state index contributed by atoms with van der Waals surface area (Å²) in [5.74, 6) is 2.71. The first kappa shape index (κ1) is 15.5. The SMILES string of the molecule is Fc1cccc([C@@H]2CN(Cc3nnc(C4CC4)n3C3CC3)CCO2)c1. The number of benzene rings is 1. The number of rotatable bonds is 5. The summed E-state index contributed by atoms with van der Waals surface area (Å²) in [5.41, 5.74) is 0.909. The molecule has 3 aliphatic rings. The van der Waals surface area contributed by atoms with Gasteiger partial charge in [-0.2, -0.15) is 0 Å². The summed E-state index contributed by atoms with van der Waals surface area (Å²) in [6, 6.07) is 7.35. The van der Waals surface area contributed by atoms with Crippen LogP contribution >= 0.6 is 0 Å². The number of morpholine rings is 1. The number of ether oxygens (including phenoxy) is 1. The second-order valence-electron chi connectivity index (χ2n) is 7.50. The van der Waals surface area contributed by atoms with Gasteiger partial charge in [0.2, 0.25) is 0 Å². The molecular weight excluding hydrogens is 319 g/mol. The van der Waals surface area contributed by atoms with Crippen molar-refractivity contribution in [2.75, 3.05) is 19.7 Å². The topological polar surface area (TPSA) is 43.2 Å². The number of hydrogen-bond donors (Lipinski definition) is 0. The van der Waals surface area contributed by atoms with Crippen molar-refractivity contribution in [2.24, 2.45) is 0 Å². The van der Waals surface area contributed by atoms with Gasteiger partial charge in [-0.1, -0.05) is 12.1 Å². The van der Waals surface area contributed by atoms with Gasteiger partial charge in [-0.15, -0.1) is 10.2 Å². The average Bonchev–Trinajstić information content (AvgIpc) is 3.54. The van der Waals surface area contributed by atoms with Crippen LogP contribution in [0.4, 0.5) is 4.39 Å². The lowest BCUT2D eigenvalue weighted by Gasteiger charge is -2.33. The van der Waals surface area contributed by atoms with Crippen molar-refractivity contribution >= 4 is 0 Å². The van der Waals surface area contributed by atoms with E-state index in [0.717, 1.165) is 31.0 Å². The predicted molar refractivity (Wildman–Crippen MR) is 90.6 cm³/mol. The Balaban J connectivity index is 1.32. The summed E-state index contributed by atoms with van der Waals surface area (Å²) >= 11 is 0. The van der Waals surface area contributed by atoms with Crippen LogP contribution in [0.1, 0.15) is 61.0 Å². The van der Waals surface area contributed by atoms with Crippen molar-refractivity contribution in [1.82, 2.24) is 19.7 Å². The summed E-state index contributed by atoms with van der Waals surface area (Å²) in [6.45, 7) is 3.10. The highest BCUT2D eigenvalue weighted by Crippen LogP contribution is 2.44. The lowest BCUT2D eigenvalue weighted by molar-refractivity contribution is -0.0341. The first-order valence-corrected chi connectivity index (χ1v) is 9.31. The average molecular weight is 342 g/mol. The fraction of sp³-hybridized carbons (Fsp3) is 0.579. The fourth-order valence-corrected chi connectivity index (χ4v) is 3.75. The molecule has 25 heavy (non-hydrogen) atoms. The van der Waals surface area contributed by atoms with Crippen LogP contribution in [0.5, 0.6) is 0 Å². The van der Waals surface area contributed by atoms with Crippen LogP contribution in [0.2, 0.25) is 0 Å². The molecule has 2 heterocycles. The van der Waals surface area contributed by atoms with E-state index in [4.69, 9.17) is 4.74 Å². The van der Waals surface area contributed by atoms with Crippen molar-refractivity contribution in [3.63, 3.8) is 0 Å². The zero-order valence-electron chi connectivity index (χ0n) is 14.3. The number of hydrogen-bond acceptors (Lipinski definition) is 4. The van der Waals surface area contributed by atoms with E-state index in [1.165, 1.54) is 37.6 Å². The minimum Gasteiger partial charge on any atom is -0.371 e. The van der Waals surface area contributed by atoms with Gasteiger partial charge in [0.15, 0.2) is 0 Å². The van der Waals surface area contributed by atoms with Crippen molar-refractivity contribution in [3.05, 3.63) is 47.3 Å². The number of halogens is 1. The van der Waals surface area contributed by atoms with E-state index in [9.17, 15) is 4.39 Å². The maximum Gasteiger partial charge on any atom is 0.147 e. The van der Waals surface area contributed by atoms with E-state index in [1.54, 1.807) is 12.1 Å². The van der Waals surface area contributed by atoms with E-state index < -0.39 is 0 Å². The molecule has 3 fully saturated rings. The van der Waals surface area contributed by atoms with Crippen molar-refractivity contribution in [2.45, 2.75) is 50.3 Å². The standard InChI is InChI=1S/C19H23FN4O/c20-15-3-1-2-14(10-15)17-11-23(8-9-25-17)12-18-21-22-19(13-4-5-13)24(18)16-6-7-16/h1-3,10,13,16-17H,4-9,11-12H2/t17-/m0/s1. The molecule has 0 radical (unpaired) electrons. The van der Waals surface area contributed by atoms with Crippen LogP contribution in [0.3, 0.4) is 0 Å². The molecule has 1 aromatic carbocycles. The molecule has 132 valence electrons. The van der Waals surface area contributed by atoms with E-state index in [1.807, 2.05) is 6.07 Å². The molecule has 1 aromatic heterocycles. The molecule has 2 aromatic rings. The summed E-state index contributed by atoms with van der Waals surface area (Å²) in [6.07, 6.45) is 4.93. The molecule has 0 bridgehead atoms. The molecule has 0 amide bonds. The molecule has 0 N–H and O–H groups in total. The predicted octanol–water partition coefficient (Wildman–Crippen LogP) is 3.20. The van der Waals surface area contributed by atoms with Crippen LogP contribution in [0.15, 0.2) is 24.3 Å². The van der Waals surface area contributed by atoms with E-state index in [0.29, 0.717) is 18.6 Å². The third-order valence-electron chi connectivity index (χ3n) is 5.38. The second kappa shape index (κ2) is 6.18. The molecule has 1 atom stereocenters. The van der Waals surface area contributed by atoms with Crippen molar-refractivity contribution in [1.29, 1.82) is 0 Å². The van der Waals surface area contributed by atoms with E-state index >= 15 is 0 Å². The molecule has 5 nitrogen and oxygen atoms in total. The molecule has 1 saturated heterocycles. The van der Waals surface area contributed by atoms with Crippen LogP contribution in [0, 0.1) is 5.82 Å². The highest BCUT2D eigenvalue weighted by molar-refractivity contribution is 5.20. The zero-order valence-corrected chi connectivity index (χ0v) is 14.3. The van der Waals surface area contributed by atoms with Gasteiger partial charge in [0.1, 0.15) is 17.5 Å². The van der Waals surface area contributed by atoms with Gasteiger partial charge < -0.3 is 9.30 Å². The van der Waals surface area contributed by atoms with Crippen LogP contribution in [0.25, 0.3) is 0 Å². The third kappa shape index (κ3) is 3.20. The smallest absolute Gasteiger partial charge is 0.147 e. The third-order valence-corrected chi connectivity index (χ3v) is 5.38. The van der Waals surface area contributed by atoms with Crippen molar-refractivity contribution < 1.29 is 9.13 Å². The van der Waals surface area contributed by atoms with Crippen molar-refractivity contribution in [3.8, 4) is 0 Å². The minimum absolute atomic E-state index is 0.0790. The number of nitrogens with zero attached hydrogens (tertiary/aromatic N) is 4. The highest BCUT2D eigenvalue weighted by atomic mass is 19.1. The second-order valence-corrected chi connectivity index (χ2v) is 7.50. The van der Waals surface area contributed by atoms with Gasteiger partial charge in [-0.05, 0) is 43.4 Å². The quantitative estimate of drug-likeness (QED) is 0.837. The summed E-state index contributed by atoms with van der Waals surface area (Å²) in [5, 5.41) is 9.01. The highest BCUT2D eigenvalue weighted by Gasteiger charge is 2.36. The number of aromatic nitrogens is 3. The Labute approximate surface area is 146 Å². The first-order chi connectivity index (χ1) is 12.3. The fourth-order valence-electron chi connectivity index (χ4n) is 3.75. The molecule has 6 heteroatoms. The van der Waals surface area contributed by atoms with Crippen LogP contribution < -0.4 is 0 Å². The maximum atomic E-state index is 13.5. The lowest BCUT2D eigenvalue weighted by Crippen LogP contribution is -2.38. The van der Waals surface area contributed by atoms with Gasteiger partial charge >= 0.3 is 0 Å². The molecule has 0 unspecified atom stereocenters. The summed E-state index contributed by atoms with van der Waals surface area (Å²) in [4.78, 5) is 2.36. The van der Waals surface area contributed by atoms with E-state index in [-0.39, 0.29) is 11.9 Å². The Morgan fingerprint density at radius 3 is 2.80 bits per heavy atom. The minimum atomic E-state index is -0.208. The van der Waals surface area contributed by atoms with Gasteiger partial charge in [-0.25, -0.2) is 4.39 Å². The Hall–Kier alpha value is -1.79. The Morgan fingerprint density at radius 1 is 1.16 bits per heavy atom. The normalized spacial score (nSPS) is 24.6. The summed E-state index contributed by atoms with van der Waals surface area (Å²) in [7, 11) is 0. The zero-order chi connectivity index (χ0) is 16.8.